The van der Waals surface area contributed by atoms with Crippen LogP contribution in [0.3, 0.4) is 0 Å². The number of halogens is 9. The van der Waals surface area contributed by atoms with E-state index in [0.717, 1.165) is 17.1 Å². The molecule has 3 rings (SSSR count). The Morgan fingerprint density at radius 2 is 0.667 bits per heavy atom. The normalized spacial score (nSPS) is 10.8. The predicted octanol–water partition coefficient (Wildman–Crippen LogP) is 10.8. The van der Waals surface area contributed by atoms with Crippen LogP contribution in [0, 0.1) is 32.1 Å². The van der Waals surface area contributed by atoms with Crippen molar-refractivity contribution in [2.45, 2.75) is 0 Å². The first kappa shape index (κ1) is 29.9. The first-order valence-corrected chi connectivity index (χ1v) is 17.3. The summed E-state index contributed by atoms with van der Waals surface area (Å²) in [6.45, 7) is 0. The second-order valence-corrected chi connectivity index (χ2v) is 15.7. The fraction of sp³-hybridized carbons (Fsp3) is 0. The van der Waals surface area contributed by atoms with Gasteiger partial charge in [0, 0.05) is 37.8 Å². The smallest absolute Gasteiger partial charge is 0.0878 e. The molecular weight excluding hydrogens is 1400 g/mol. The third-order valence-corrected chi connectivity index (χ3v) is 18.0. The van der Waals surface area contributed by atoms with Crippen molar-refractivity contribution in [3.8, 4) is 0 Å². The molecular formula is C18H8I9N3. The third-order valence-electron chi connectivity index (χ3n) is 3.22. The Morgan fingerprint density at radius 1 is 0.433 bits per heavy atom. The number of anilines is 1. The van der Waals surface area contributed by atoms with E-state index in [1.54, 1.807) is 0 Å². The molecule has 0 aromatic heterocycles. The molecule has 0 atom stereocenters. The summed E-state index contributed by atoms with van der Waals surface area (Å²) in [7, 11) is 0. The summed E-state index contributed by atoms with van der Waals surface area (Å²) in [4.78, 5) is 0. The zero-order valence-electron chi connectivity index (χ0n) is 14.3. The minimum Gasteiger partial charge on any atom is -0.399 e. The Kier molecular flexibility index (Phi) is 14.3. The predicted molar refractivity (Wildman–Crippen MR) is 202 cm³/mol. The Hall–Kier alpha value is 3.63. The van der Waals surface area contributed by atoms with Crippen LogP contribution in [0.15, 0.2) is 46.6 Å². The van der Waals surface area contributed by atoms with E-state index in [0.29, 0.717) is 0 Å². The van der Waals surface area contributed by atoms with E-state index in [4.69, 9.17) is 5.73 Å². The number of rotatable bonds is 2. The molecule has 30 heavy (non-hydrogen) atoms. The number of hydrogen-bond donors (Lipinski definition) is 1. The van der Waals surface area contributed by atoms with Crippen LogP contribution in [0.5, 0.6) is 0 Å². The molecule has 0 aliphatic heterocycles. The minimum absolute atomic E-state index is 0.842. The van der Waals surface area contributed by atoms with Crippen LogP contribution in [-0.2, 0) is 0 Å². The van der Waals surface area contributed by atoms with E-state index in [9.17, 15) is 0 Å². The van der Waals surface area contributed by atoms with Gasteiger partial charge in [0.1, 0.15) is 0 Å². The van der Waals surface area contributed by atoms with Crippen molar-refractivity contribution in [2.24, 2.45) is 10.2 Å². The van der Waals surface area contributed by atoms with Gasteiger partial charge in [-0.05, 0) is 240 Å². The summed E-state index contributed by atoms with van der Waals surface area (Å²) in [5.74, 6) is 0. The standard InChI is InChI=1S/C12H4I6N2.C6H4I3N/c13-7-1-5(2-8(14)11(7)17)19-20-6-3-9(15)12(18)10(16)4-6;7-4-1-3(10)2-5(8)6(4)9/h1-4H;1-2H,10H2. The van der Waals surface area contributed by atoms with Gasteiger partial charge in [-0.2, -0.15) is 10.2 Å². The summed E-state index contributed by atoms with van der Waals surface area (Å²) < 4.78 is 11.1. The van der Waals surface area contributed by atoms with Crippen LogP contribution in [0.2, 0.25) is 0 Å². The number of nitrogens with two attached hydrogens (primary N) is 1. The lowest BCUT2D eigenvalue weighted by Gasteiger charge is -2.03. The van der Waals surface area contributed by atoms with Gasteiger partial charge in [0.15, 0.2) is 0 Å². The Bertz CT molecular complexity index is 988. The number of nitrogen functional groups attached to an aromatic ring is 1. The lowest BCUT2D eigenvalue weighted by molar-refractivity contribution is 1.22. The van der Waals surface area contributed by atoms with Crippen molar-refractivity contribution >= 4 is 220 Å². The zero-order chi connectivity index (χ0) is 22.6. The SMILES string of the molecule is Ic1cc(N=Nc2cc(I)c(I)c(I)c2)cc(I)c1I.Nc1cc(I)c(I)c(I)c1. The quantitative estimate of drug-likeness (QED) is 0.118. The molecule has 2 N–H and O–H groups in total. The lowest BCUT2D eigenvalue weighted by atomic mass is 10.3. The first-order valence-electron chi connectivity index (χ1n) is 7.60. The topological polar surface area (TPSA) is 50.7 Å². The van der Waals surface area contributed by atoms with Crippen molar-refractivity contribution in [3.05, 3.63) is 68.5 Å². The largest absolute Gasteiger partial charge is 0.399 e. The number of azo groups is 1. The van der Waals surface area contributed by atoms with Crippen molar-refractivity contribution < 1.29 is 0 Å². The molecule has 0 saturated carbocycles. The molecule has 0 fully saturated rings. The molecule has 12 heteroatoms. The summed E-state index contributed by atoms with van der Waals surface area (Å²) >= 11 is 20.9. The highest BCUT2D eigenvalue weighted by Crippen LogP contribution is 2.30. The van der Waals surface area contributed by atoms with Crippen LogP contribution >= 0.6 is 203 Å². The fourth-order valence-electron chi connectivity index (χ4n) is 1.89. The molecule has 0 aliphatic carbocycles. The maximum atomic E-state index is 5.62. The molecule has 158 valence electrons. The molecule has 0 amide bonds. The maximum Gasteiger partial charge on any atom is 0.0878 e. The number of benzene rings is 3. The van der Waals surface area contributed by atoms with E-state index in [1.807, 2.05) is 12.1 Å². The highest BCUT2D eigenvalue weighted by atomic mass is 127. The van der Waals surface area contributed by atoms with Gasteiger partial charge >= 0.3 is 0 Å². The van der Waals surface area contributed by atoms with Gasteiger partial charge in [-0.15, -0.1) is 0 Å². The first-order chi connectivity index (χ1) is 14.0. The highest BCUT2D eigenvalue weighted by molar-refractivity contribution is 14.1. The average molecular weight is 1410 g/mol. The molecule has 3 aromatic carbocycles. The van der Waals surface area contributed by atoms with Gasteiger partial charge in [0.2, 0.25) is 0 Å². The van der Waals surface area contributed by atoms with E-state index in [1.165, 1.54) is 32.1 Å². The second-order valence-electron chi connectivity index (χ2n) is 5.45. The Labute approximate surface area is 298 Å². The van der Waals surface area contributed by atoms with E-state index >= 15 is 0 Å². The Morgan fingerprint density at radius 3 is 0.933 bits per heavy atom. The fourth-order valence-corrected chi connectivity index (χ4v) is 8.11. The second kappa shape index (κ2) is 14.4. The van der Waals surface area contributed by atoms with Crippen LogP contribution in [-0.4, -0.2) is 0 Å². The van der Waals surface area contributed by atoms with Gasteiger partial charge in [-0.1, -0.05) is 0 Å². The van der Waals surface area contributed by atoms with E-state index in [-0.39, 0.29) is 0 Å². The summed E-state index contributed by atoms with van der Waals surface area (Å²) in [5, 5.41) is 8.71. The van der Waals surface area contributed by atoms with Gasteiger partial charge in [-0.3, -0.25) is 0 Å². The summed E-state index contributed by atoms with van der Waals surface area (Å²) in [5.41, 5.74) is 8.24. The lowest BCUT2D eigenvalue weighted by Crippen LogP contribution is -1.90. The molecule has 0 radical (unpaired) electrons. The molecule has 0 heterocycles. The average Bonchev–Trinajstić information content (AvgIpc) is 2.67. The molecule has 3 aromatic rings. The molecule has 0 unspecified atom stereocenters. The van der Waals surface area contributed by atoms with Gasteiger partial charge in [0.05, 0.1) is 11.4 Å². The zero-order valence-corrected chi connectivity index (χ0v) is 33.8. The monoisotopic (exact) mass is 1410 g/mol. The summed E-state index contributed by atoms with van der Waals surface area (Å²) in [6, 6.07) is 12.2. The minimum atomic E-state index is 0.842. The van der Waals surface area contributed by atoms with Crippen LogP contribution in [0.4, 0.5) is 17.1 Å². The van der Waals surface area contributed by atoms with Crippen LogP contribution < -0.4 is 5.73 Å². The number of hydrogen-bond acceptors (Lipinski definition) is 3. The van der Waals surface area contributed by atoms with Crippen molar-refractivity contribution in [3.63, 3.8) is 0 Å². The van der Waals surface area contributed by atoms with Gasteiger partial charge in [0.25, 0.3) is 0 Å². The molecule has 0 saturated heterocycles. The van der Waals surface area contributed by atoms with E-state index < -0.39 is 0 Å². The van der Waals surface area contributed by atoms with Crippen LogP contribution in [0.25, 0.3) is 0 Å². The van der Waals surface area contributed by atoms with Gasteiger partial charge in [-0.25, -0.2) is 0 Å². The number of nitrogens with zero attached hydrogens (tertiary/aromatic N) is 2. The molecule has 0 bridgehead atoms. The van der Waals surface area contributed by atoms with Crippen molar-refractivity contribution in [1.82, 2.24) is 0 Å². The Balaban J connectivity index is 0.000000269. The molecule has 0 aliphatic rings. The molecule has 0 spiro atoms. The third kappa shape index (κ3) is 9.25. The van der Waals surface area contributed by atoms with Gasteiger partial charge < -0.3 is 5.73 Å². The van der Waals surface area contributed by atoms with Crippen molar-refractivity contribution in [2.75, 3.05) is 5.73 Å². The van der Waals surface area contributed by atoms with E-state index in [2.05, 4.69) is 238 Å². The molecule has 3 nitrogen and oxygen atoms in total. The van der Waals surface area contributed by atoms with Crippen LogP contribution in [0.1, 0.15) is 0 Å². The maximum absolute atomic E-state index is 5.62. The van der Waals surface area contributed by atoms with Crippen molar-refractivity contribution in [1.29, 1.82) is 0 Å². The highest BCUT2D eigenvalue weighted by Gasteiger charge is 2.06. The summed E-state index contributed by atoms with van der Waals surface area (Å²) in [6.07, 6.45) is 0.